The van der Waals surface area contributed by atoms with Gasteiger partial charge in [0.1, 0.15) is 0 Å². The minimum atomic E-state index is -3.63. The highest BCUT2D eigenvalue weighted by Gasteiger charge is 2.28. The Morgan fingerprint density at radius 3 is 2.47 bits per heavy atom. The first-order chi connectivity index (χ1) is 16.4. The zero-order valence-corrected chi connectivity index (χ0v) is 20.9. The number of amides is 1. The molecule has 1 aromatic heterocycles. The van der Waals surface area contributed by atoms with Gasteiger partial charge in [0.15, 0.2) is 0 Å². The Balaban J connectivity index is 1.51. The molecule has 186 valence electrons. The fourth-order valence-corrected chi connectivity index (χ4v) is 6.16. The number of aromatic nitrogens is 2. The quantitative estimate of drug-likeness (QED) is 0.572. The van der Waals surface area contributed by atoms with E-state index in [1.54, 1.807) is 18.2 Å². The van der Waals surface area contributed by atoms with Gasteiger partial charge in [-0.1, -0.05) is 6.42 Å². The van der Waals surface area contributed by atoms with E-state index in [1.165, 1.54) is 4.31 Å². The molecule has 0 radical (unpaired) electrons. The molecule has 0 spiro atoms. The van der Waals surface area contributed by atoms with E-state index < -0.39 is 10.0 Å². The van der Waals surface area contributed by atoms with Crippen molar-refractivity contribution in [1.29, 1.82) is 0 Å². The maximum absolute atomic E-state index is 13.3. The van der Waals surface area contributed by atoms with Gasteiger partial charge in [0.05, 0.1) is 29.4 Å². The number of benzene rings is 1. The van der Waals surface area contributed by atoms with Crippen LogP contribution in [0.2, 0.25) is 0 Å². The fraction of sp³-hybridized carbons (Fsp3) is 0.583. The molecule has 1 aromatic carbocycles. The van der Waals surface area contributed by atoms with Crippen molar-refractivity contribution in [2.75, 3.05) is 50.8 Å². The second kappa shape index (κ2) is 10.9. The van der Waals surface area contributed by atoms with Gasteiger partial charge in [-0.05, 0) is 57.4 Å². The highest BCUT2D eigenvalue weighted by Crippen LogP contribution is 2.28. The number of sulfonamides is 1. The van der Waals surface area contributed by atoms with Gasteiger partial charge in [0, 0.05) is 50.6 Å². The van der Waals surface area contributed by atoms with Crippen LogP contribution in [0.3, 0.4) is 0 Å². The second-order valence-corrected chi connectivity index (χ2v) is 10.9. The number of nitrogens with one attached hydrogen (secondary N) is 1. The van der Waals surface area contributed by atoms with Gasteiger partial charge in [-0.25, -0.2) is 8.42 Å². The highest BCUT2D eigenvalue weighted by atomic mass is 32.2. The number of carbonyl (C=O) groups is 1. The van der Waals surface area contributed by atoms with Gasteiger partial charge < -0.3 is 15.0 Å². The average molecular weight is 490 g/mol. The topological polar surface area (TPSA) is 96.8 Å². The molecule has 4 rings (SSSR count). The third kappa shape index (κ3) is 5.61. The number of piperidine rings is 1. The summed E-state index contributed by atoms with van der Waals surface area (Å²) in [5.41, 5.74) is 3.21. The van der Waals surface area contributed by atoms with Crippen molar-refractivity contribution in [2.45, 2.75) is 51.0 Å². The van der Waals surface area contributed by atoms with E-state index in [1.807, 2.05) is 24.6 Å². The molecular weight excluding hydrogens is 454 g/mol. The Labute approximate surface area is 202 Å². The van der Waals surface area contributed by atoms with Gasteiger partial charge in [-0.3, -0.25) is 9.48 Å². The first-order valence-electron chi connectivity index (χ1n) is 12.1. The number of morpholine rings is 1. The third-order valence-electron chi connectivity index (χ3n) is 6.45. The van der Waals surface area contributed by atoms with Crippen LogP contribution in [0, 0.1) is 13.8 Å². The van der Waals surface area contributed by atoms with Gasteiger partial charge in [0.25, 0.3) is 5.91 Å². The number of carbonyl (C=O) groups excluding carboxylic acids is 1. The Morgan fingerprint density at radius 2 is 1.79 bits per heavy atom. The van der Waals surface area contributed by atoms with Crippen molar-refractivity contribution in [3.05, 3.63) is 41.2 Å². The lowest BCUT2D eigenvalue weighted by Gasteiger charge is -2.31. The molecule has 0 atom stereocenters. The summed E-state index contributed by atoms with van der Waals surface area (Å²) in [4.78, 5) is 15.5. The summed E-state index contributed by atoms with van der Waals surface area (Å²) in [7, 11) is -3.63. The van der Waals surface area contributed by atoms with Gasteiger partial charge in [-0.2, -0.15) is 9.40 Å². The smallest absolute Gasteiger partial charge is 0.253 e. The van der Waals surface area contributed by atoms with Crippen LogP contribution in [0.25, 0.3) is 0 Å². The summed E-state index contributed by atoms with van der Waals surface area (Å²) >= 11 is 0. The van der Waals surface area contributed by atoms with Crippen molar-refractivity contribution in [3.63, 3.8) is 0 Å². The molecular formula is C24H35N5O4S. The van der Waals surface area contributed by atoms with Crippen molar-refractivity contribution >= 4 is 21.6 Å². The number of rotatable bonds is 8. The lowest BCUT2D eigenvalue weighted by atomic mass is 10.1. The molecule has 10 heteroatoms. The van der Waals surface area contributed by atoms with Crippen LogP contribution in [-0.2, 0) is 21.3 Å². The lowest BCUT2D eigenvalue weighted by Crippen LogP contribution is -2.38. The van der Waals surface area contributed by atoms with Crippen LogP contribution in [0.15, 0.2) is 29.2 Å². The normalized spacial score (nSPS) is 17.6. The van der Waals surface area contributed by atoms with Crippen molar-refractivity contribution in [2.24, 2.45) is 0 Å². The molecule has 2 aliphatic rings. The van der Waals surface area contributed by atoms with Crippen LogP contribution in [0.4, 0.5) is 5.69 Å². The average Bonchev–Trinajstić information content (AvgIpc) is 3.19. The summed E-state index contributed by atoms with van der Waals surface area (Å²) in [6.45, 7) is 8.71. The van der Waals surface area contributed by atoms with Gasteiger partial charge >= 0.3 is 0 Å². The fourth-order valence-electron chi connectivity index (χ4n) is 4.62. The van der Waals surface area contributed by atoms with E-state index in [4.69, 9.17) is 4.74 Å². The molecule has 9 nitrogen and oxygen atoms in total. The van der Waals surface area contributed by atoms with Crippen molar-refractivity contribution < 1.29 is 17.9 Å². The zero-order valence-electron chi connectivity index (χ0n) is 20.1. The van der Waals surface area contributed by atoms with Crippen LogP contribution in [-0.4, -0.2) is 74.3 Å². The van der Waals surface area contributed by atoms with Crippen molar-refractivity contribution in [3.8, 4) is 0 Å². The summed E-state index contributed by atoms with van der Waals surface area (Å²) in [5.74, 6) is -0.259. The van der Waals surface area contributed by atoms with E-state index >= 15 is 0 Å². The minimum absolute atomic E-state index is 0.180. The van der Waals surface area contributed by atoms with E-state index in [0.29, 0.717) is 58.0 Å². The van der Waals surface area contributed by atoms with E-state index in [2.05, 4.69) is 15.3 Å². The molecule has 0 bridgehead atoms. The number of hydrogen-bond acceptors (Lipinski definition) is 6. The van der Waals surface area contributed by atoms with E-state index in [9.17, 15) is 13.2 Å². The van der Waals surface area contributed by atoms with Crippen LogP contribution >= 0.6 is 0 Å². The molecule has 2 fully saturated rings. The predicted molar refractivity (Wildman–Crippen MR) is 131 cm³/mol. The van der Waals surface area contributed by atoms with E-state index in [0.717, 1.165) is 42.8 Å². The molecule has 0 unspecified atom stereocenters. The van der Waals surface area contributed by atoms with Gasteiger partial charge in [-0.15, -0.1) is 0 Å². The Bertz CT molecular complexity index is 1100. The number of nitrogens with zero attached hydrogens (tertiary/aromatic N) is 4. The van der Waals surface area contributed by atoms with Gasteiger partial charge in [0.2, 0.25) is 10.0 Å². The maximum atomic E-state index is 13.3. The third-order valence-corrected chi connectivity index (χ3v) is 8.35. The Morgan fingerprint density at radius 1 is 1.06 bits per heavy atom. The molecule has 34 heavy (non-hydrogen) atoms. The molecule has 0 saturated carbocycles. The number of aryl methyl sites for hydroxylation is 3. The van der Waals surface area contributed by atoms with Crippen molar-refractivity contribution in [1.82, 2.24) is 19.4 Å². The minimum Gasteiger partial charge on any atom is -0.378 e. The molecule has 2 saturated heterocycles. The molecule has 1 N–H and O–H groups in total. The Hall–Kier alpha value is -2.43. The van der Waals surface area contributed by atoms with Crippen LogP contribution in [0.1, 0.15) is 47.4 Å². The second-order valence-electron chi connectivity index (χ2n) is 9.00. The largest absolute Gasteiger partial charge is 0.378 e. The maximum Gasteiger partial charge on any atom is 0.253 e. The first kappa shape index (κ1) is 24.7. The summed E-state index contributed by atoms with van der Waals surface area (Å²) in [6.07, 6.45) is 3.51. The molecule has 1 amide bonds. The predicted octanol–water partition coefficient (Wildman–Crippen LogP) is 2.33. The molecule has 2 aromatic rings. The molecule has 3 heterocycles. The summed E-state index contributed by atoms with van der Waals surface area (Å²) < 4.78 is 35.4. The number of hydrogen-bond donors (Lipinski definition) is 1. The number of ether oxygens (including phenoxy) is 1. The first-order valence-corrected chi connectivity index (χ1v) is 13.6. The molecule has 2 aliphatic heterocycles. The lowest BCUT2D eigenvalue weighted by molar-refractivity contribution is 0.0951. The zero-order chi connectivity index (χ0) is 24.1. The van der Waals surface area contributed by atoms with Crippen LogP contribution in [0.5, 0.6) is 0 Å². The molecule has 0 aliphatic carbocycles. The highest BCUT2D eigenvalue weighted by molar-refractivity contribution is 7.89. The Kier molecular flexibility index (Phi) is 7.90. The SMILES string of the molecule is Cc1cc(C)n(CCCNC(=O)c2cc(S(=O)(=O)N3CCCCC3)ccc2N2CCOCC2)n1. The van der Waals surface area contributed by atoms with Crippen LogP contribution < -0.4 is 10.2 Å². The number of anilines is 1. The van der Waals surface area contributed by atoms with E-state index in [-0.39, 0.29) is 10.8 Å². The monoisotopic (exact) mass is 489 g/mol. The standard InChI is InChI=1S/C24H35N5O4S/c1-19-17-20(2)29(26-19)12-6-9-25-24(30)22-18-21(34(31,32)28-10-4-3-5-11-28)7-8-23(22)27-13-15-33-16-14-27/h7-8,17-18H,3-6,9-16H2,1-2H3,(H,25,30). The summed E-state index contributed by atoms with van der Waals surface area (Å²) in [6, 6.07) is 6.98. The summed E-state index contributed by atoms with van der Waals surface area (Å²) in [5, 5.41) is 7.44.